The van der Waals surface area contributed by atoms with Crippen molar-refractivity contribution in [3.8, 4) is 29.0 Å². The predicted molar refractivity (Wildman–Crippen MR) is 203 cm³/mol. The monoisotopic (exact) mass is 660 g/mol. The van der Waals surface area contributed by atoms with E-state index in [1.165, 1.54) is 0 Å². The van der Waals surface area contributed by atoms with Crippen LogP contribution in [0.3, 0.4) is 0 Å². The van der Waals surface area contributed by atoms with Crippen molar-refractivity contribution >= 4 is 65.7 Å². The highest BCUT2D eigenvalue weighted by molar-refractivity contribution is 6.18. The molecule has 11 aromatic rings. The number of hydrogen-bond acceptors (Lipinski definition) is 4. The van der Waals surface area contributed by atoms with Crippen LogP contribution in [0.1, 0.15) is 6.85 Å². The Morgan fingerprint density at radius 1 is 0.529 bits per heavy atom. The molecule has 0 saturated heterocycles. The van der Waals surface area contributed by atoms with Gasteiger partial charge < -0.3 is 8.98 Å². The topological polar surface area (TPSA) is 65.6 Å². The van der Waals surface area contributed by atoms with Gasteiger partial charge >= 0.3 is 11.9 Å². The highest BCUT2D eigenvalue weighted by atomic mass is 16.3. The van der Waals surface area contributed by atoms with Crippen LogP contribution in [0.2, 0.25) is 0 Å². The Labute approximate surface area is 297 Å². The van der Waals surface area contributed by atoms with E-state index in [2.05, 4.69) is 6.07 Å². The SMILES string of the molecule is [2H]c1c([2H])c([2H])c(-n2c3ccccc3c3cc4c(cc32)c2ccccc2n4-c2nc(-c3ccccc3)nc(-[n+]3cccc4oc5ccccc5c43)n2)c([2H])c1[2H]. The first-order valence-corrected chi connectivity index (χ1v) is 16.5. The van der Waals surface area contributed by atoms with Crippen LogP contribution in [0.4, 0.5) is 0 Å². The van der Waals surface area contributed by atoms with Gasteiger partial charge in [-0.1, -0.05) is 84.9 Å². The van der Waals surface area contributed by atoms with Crippen LogP contribution in [-0.4, -0.2) is 24.1 Å². The van der Waals surface area contributed by atoms with Gasteiger partial charge in [-0.15, -0.1) is 0 Å². The summed E-state index contributed by atoms with van der Waals surface area (Å²) in [7, 11) is 0. The van der Waals surface area contributed by atoms with Gasteiger partial charge in [-0.3, -0.25) is 4.57 Å². The lowest BCUT2D eigenvalue weighted by molar-refractivity contribution is -0.574. The van der Waals surface area contributed by atoms with Gasteiger partial charge in [0.15, 0.2) is 11.1 Å². The minimum Gasteiger partial charge on any atom is -0.453 e. The average molecular weight is 661 g/mol. The molecular formula is C44H27N6O+. The molecule has 0 aliphatic rings. The molecule has 0 radical (unpaired) electrons. The van der Waals surface area contributed by atoms with E-state index in [0.29, 0.717) is 28.8 Å². The molecule has 0 amide bonds. The molecule has 238 valence electrons. The molecule has 0 aliphatic carbocycles. The highest BCUT2D eigenvalue weighted by Crippen LogP contribution is 2.39. The molecule has 0 spiro atoms. The van der Waals surface area contributed by atoms with Crippen LogP contribution in [0.15, 0.2) is 168 Å². The molecule has 0 bridgehead atoms. The Morgan fingerprint density at radius 3 is 1.92 bits per heavy atom. The summed E-state index contributed by atoms with van der Waals surface area (Å²) in [6, 6.07) is 39.7. The summed E-state index contributed by atoms with van der Waals surface area (Å²) in [4.78, 5) is 15.4. The van der Waals surface area contributed by atoms with Crippen LogP contribution >= 0.6 is 0 Å². The highest BCUT2D eigenvalue weighted by Gasteiger charge is 2.27. The van der Waals surface area contributed by atoms with Crippen molar-refractivity contribution in [2.24, 2.45) is 0 Å². The Hall–Kier alpha value is -7.12. The summed E-state index contributed by atoms with van der Waals surface area (Å²) in [5.74, 6) is 1.31. The number of pyridine rings is 1. The van der Waals surface area contributed by atoms with Gasteiger partial charge in [-0.2, -0.15) is 9.55 Å². The fraction of sp³-hybridized carbons (Fsp3) is 0. The molecule has 7 heteroatoms. The van der Waals surface area contributed by atoms with Crippen LogP contribution in [-0.2, 0) is 0 Å². The van der Waals surface area contributed by atoms with Crippen molar-refractivity contribution in [1.82, 2.24) is 24.1 Å². The maximum absolute atomic E-state index is 8.91. The largest absolute Gasteiger partial charge is 0.453 e. The maximum atomic E-state index is 8.91. The summed E-state index contributed by atoms with van der Waals surface area (Å²) in [5, 5.41) is 4.44. The number of para-hydroxylation sites is 4. The van der Waals surface area contributed by atoms with Crippen molar-refractivity contribution in [2.45, 2.75) is 0 Å². The first-order chi connectivity index (χ1) is 27.4. The third-order valence-corrected chi connectivity index (χ3v) is 9.55. The Kier molecular flexibility index (Phi) is 4.88. The summed E-state index contributed by atoms with van der Waals surface area (Å²) in [6.45, 7) is 0. The van der Waals surface area contributed by atoms with Gasteiger partial charge in [-0.05, 0) is 82.7 Å². The quantitative estimate of drug-likeness (QED) is 0.176. The average Bonchev–Trinajstić information content (AvgIpc) is 3.89. The first kappa shape index (κ1) is 23.3. The second kappa shape index (κ2) is 10.7. The first-order valence-electron chi connectivity index (χ1n) is 19.0. The molecule has 0 saturated carbocycles. The van der Waals surface area contributed by atoms with E-state index >= 15 is 0 Å². The zero-order valence-electron chi connectivity index (χ0n) is 31.8. The Bertz CT molecular complexity index is 3420. The van der Waals surface area contributed by atoms with Crippen LogP contribution < -0.4 is 4.57 Å². The lowest BCUT2D eigenvalue weighted by Gasteiger charge is -2.08. The number of furan rings is 1. The van der Waals surface area contributed by atoms with E-state index in [1.807, 2.05) is 137 Å². The summed E-state index contributed by atoms with van der Waals surface area (Å²) >= 11 is 0. The molecule has 0 unspecified atom stereocenters. The second-order valence-corrected chi connectivity index (χ2v) is 12.4. The van der Waals surface area contributed by atoms with Crippen molar-refractivity contribution in [3.05, 3.63) is 164 Å². The fourth-order valence-electron chi connectivity index (χ4n) is 7.39. The fourth-order valence-corrected chi connectivity index (χ4v) is 7.39. The Balaban J connectivity index is 1.25. The van der Waals surface area contributed by atoms with E-state index in [4.69, 9.17) is 26.2 Å². The molecule has 11 rings (SSSR count). The molecule has 0 N–H and O–H groups in total. The summed E-state index contributed by atoms with van der Waals surface area (Å²) in [6.07, 6.45) is 1.93. The lowest BCUT2D eigenvalue weighted by atomic mass is 10.1. The maximum Gasteiger partial charge on any atom is 0.443 e. The molecule has 51 heavy (non-hydrogen) atoms. The van der Waals surface area contributed by atoms with Crippen molar-refractivity contribution in [2.75, 3.05) is 0 Å². The van der Waals surface area contributed by atoms with E-state index in [1.54, 1.807) is 4.57 Å². The van der Waals surface area contributed by atoms with E-state index < -0.39 is 6.04 Å². The van der Waals surface area contributed by atoms with Crippen molar-refractivity contribution in [3.63, 3.8) is 0 Å². The minimum absolute atomic E-state index is 0.0953. The summed E-state index contributed by atoms with van der Waals surface area (Å²) < 4.78 is 55.0. The minimum atomic E-state index is -0.433. The molecule has 5 aromatic heterocycles. The van der Waals surface area contributed by atoms with Gasteiger partial charge in [0, 0.05) is 32.8 Å². The number of hydrogen-bond donors (Lipinski definition) is 0. The second-order valence-electron chi connectivity index (χ2n) is 12.4. The number of aromatic nitrogens is 6. The van der Waals surface area contributed by atoms with Crippen molar-refractivity contribution < 1.29 is 15.8 Å². The standard InChI is InChI=1S/C44H27N6O/c1-3-14-28(15-4-1)42-45-43(48-25-13-24-40-41(48)32-20-9-12-23-39(32)51-40)47-44(46-42)50-36-22-11-8-19-31(36)34-26-37-33(27-38(34)50)30-18-7-10-21-35(30)49(37)29-16-5-2-6-17-29/h1-27H/q+1/i2D,5D,6D,16D,17D. The van der Waals surface area contributed by atoms with Crippen LogP contribution in [0, 0.1) is 0 Å². The smallest absolute Gasteiger partial charge is 0.443 e. The van der Waals surface area contributed by atoms with Gasteiger partial charge in [0.25, 0.3) is 0 Å². The van der Waals surface area contributed by atoms with Crippen molar-refractivity contribution in [1.29, 1.82) is 0 Å². The normalized spacial score (nSPS) is 13.3. The molecule has 7 nitrogen and oxygen atoms in total. The van der Waals surface area contributed by atoms with Crippen LogP contribution in [0.5, 0.6) is 0 Å². The number of benzene rings is 6. The van der Waals surface area contributed by atoms with E-state index in [9.17, 15) is 0 Å². The van der Waals surface area contributed by atoms with E-state index in [-0.39, 0.29) is 29.9 Å². The molecule has 5 heterocycles. The molecule has 6 aromatic carbocycles. The third kappa shape index (κ3) is 4.12. The molecule has 0 fully saturated rings. The number of rotatable bonds is 4. The zero-order valence-corrected chi connectivity index (χ0v) is 26.8. The predicted octanol–water partition coefficient (Wildman–Crippen LogP) is 9.91. The van der Waals surface area contributed by atoms with Gasteiger partial charge in [0.05, 0.1) is 40.5 Å². The molecule has 0 atom stereocenters. The molecule has 0 aliphatic heterocycles. The lowest BCUT2D eigenvalue weighted by Crippen LogP contribution is -2.34. The number of nitrogens with zero attached hydrogens (tertiary/aromatic N) is 6. The van der Waals surface area contributed by atoms with Gasteiger partial charge in [0.1, 0.15) is 5.58 Å². The summed E-state index contributed by atoms with van der Waals surface area (Å²) in [5.41, 5.74) is 6.33. The Morgan fingerprint density at radius 2 is 1.16 bits per heavy atom. The zero-order chi connectivity index (χ0) is 37.8. The number of fused-ring (bicyclic) bond motifs is 9. The third-order valence-electron chi connectivity index (χ3n) is 9.55. The van der Waals surface area contributed by atoms with E-state index in [0.717, 1.165) is 60.1 Å². The van der Waals surface area contributed by atoms with Gasteiger partial charge in [0.2, 0.25) is 5.82 Å². The van der Waals surface area contributed by atoms with Crippen LogP contribution in [0.25, 0.3) is 94.7 Å². The molecular weight excluding hydrogens is 629 g/mol. The van der Waals surface area contributed by atoms with Gasteiger partial charge in [-0.25, -0.2) is 0 Å².